The molecule has 0 spiro atoms. The Morgan fingerprint density at radius 1 is 1.05 bits per heavy atom. The number of ether oxygens (including phenoxy) is 2. The summed E-state index contributed by atoms with van der Waals surface area (Å²) in [6.07, 6.45) is -1.01. The topological polar surface area (TPSA) is 107 Å². The minimum Gasteiger partial charge on any atom is -0.562 e. The molecule has 0 fully saturated rings. The van der Waals surface area contributed by atoms with Gasteiger partial charge < -0.3 is 18.5 Å². The zero-order valence-electron chi connectivity index (χ0n) is 25.5. The van der Waals surface area contributed by atoms with Gasteiger partial charge in [0.1, 0.15) is 23.7 Å². The third kappa shape index (κ3) is 7.78. The number of rotatable bonds is 8. The van der Waals surface area contributed by atoms with Crippen LogP contribution >= 0.6 is 0 Å². The van der Waals surface area contributed by atoms with Crippen molar-refractivity contribution in [1.29, 1.82) is 5.26 Å². The van der Waals surface area contributed by atoms with E-state index in [1.54, 1.807) is 26.8 Å². The minimum absolute atomic E-state index is 0.00705. The molecule has 40 heavy (non-hydrogen) atoms. The molecule has 0 saturated heterocycles. The lowest BCUT2D eigenvalue weighted by molar-refractivity contribution is -0.121. The predicted molar refractivity (Wildman–Crippen MR) is 151 cm³/mol. The third-order valence-corrected chi connectivity index (χ3v) is 11.2. The van der Waals surface area contributed by atoms with Crippen molar-refractivity contribution in [2.45, 2.75) is 92.4 Å². The number of amides is 1. The molecule has 0 aliphatic rings. The van der Waals surface area contributed by atoms with Gasteiger partial charge in [-0.3, -0.25) is 4.79 Å². The first-order valence-corrected chi connectivity index (χ1v) is 16.1. The number of anilines is 1. The quantitative estimate of drug-likeness (QED) is 0.146. The van der Waals surface area contributed by atoms with Gasteiger partial charge in [0, 0.05) is 18.6 Å². The number of fused-ring (bicyclic) bond motifs is 1. The summed E-state index contributed by atoms with van der Waals surface area (Å²) in [6, 6.07) is 2.42. The fourth-order valence-electron chi connectivity index (χ4n) is 3.65. The molecule has 0 unspecified atom stereocenters. The van der Waals surface area contributed by atoms with Gasteiger partial charge in [-0.1, -0.05) is 41.5 Å². The number of halogens is 2. The average Bonchev–Trinajstić information content (AvgIpc) is 3.19. The molecule has 12 heteroatoms. The molecule has 1 heterocycles. The minimum atomic E-state index is -2.03. The smallest absolute Gasteiger partial charge is 0.510 e. The molecule has 9 nitrogen and oxygen atoms in total. The zero-order valence-corrected chi connectivity index (χ0v) is 26.5. The number of benzene rings is 1. The first-order valence-electron chi connectivity index (χ1n) is 13.2. The SMILES string of the molecule is CC(C)(C)CC(=O)N(COC(=O)OCCO[Si-](C)(C)C(C)(C)C)c1nc2c(F)cc(C#N)c(F)c2n1C(C)(C)C. The Labute approximate surface area is 236 Å². The van der Waals surface area contributed by atoms with Crippen molar-refractivity contribution in [2.75, 3.05) is 24.8 Å². The molecule has 0 aliphatic carbocycles. The molecular formula is C28H42F2N4O5Si-. The van der Waals surface area contributed by atoms with Crippen LogP contribution in [0, 0.1) is 28.4 Å². The highest BCUT2D eigenvalue weighted by molar-refractivity contribution is 6.74. The van der Waals surface area contributed by atoms with Gasteiger partial charge in [-0.25, -0.2) is 23.5 Å². The highest BCUT2D eigenvalue weighted by Gasteiger charge is 2.34. The number of hydrogen-bond acceptors (Lipinski definition) is 7. The van der Waals surface area contributed by atoms with Gasteiger partial charge in [0.25, 0.3) is 0 Å². The van der Waals surface area contributed by atoms with Crippen LogP contribution in [-0.4, -0.2) is 49.9 Å². The Bertz CT molecular complexity index is 1300. The van der Waals surface area contributed by atoms with Gasteiger partial charge in [0.2, 0.25) is 11.9 Å². The number of aromatic nitrogens is 2. The molecule has 0 bridgehead atoms. The summed E-state index contributed by atoms with van der Waals surface area (Å²) >= 11 is 0. The molecule has 0 atom stereocenters. The second kappa shape index (κ2) is 11.8. The van der Waals surface area contributed by atoms with Crippen LogP contribution in [-0.2, 0) is 24.2 Å². The maximum absolute atomic E-state index is 15.4. The molecule has 0 aliphatic heterocycles. The summed E-state index contributed by atoms with van der Waals surface area (Å²) < 4.78 is 48.1. The first-order chi connectivity index (χ1) is 18.1. The molecule has 1 amide bonds. The number of carbonyl (C=O) groups is 2. The van der Waals surface area contributed by atoms with Crippen LogP contribution in [0.15, 0.2) is 6.07 Å². The Hall–Kier alpha value is -3.04. The van der Waals surface area contributed by atoms with E-state index in [2.05, 4.69) is 38.8 Å². The second-order valence-corrected chi connectivity index (χ2v) is 18.3. The largest absolute Gasteiger partial charge is 0.562 e. The van der Waals surface area contributed by atoms with Crippen LogP contribution in [0.2, 0.25) is 18.1 Å². The number of nitriles is 1. The van der Waals surface area contributed by atoms with Crippen molar-refractivity contribution in [3.05, 3.63) is 23.3 Å². The zero-order chi connectivity index (χ0) is 30.8. The highest BCUT2D eigenvalue weighted by Crippen LogP contribution is 2.37. The van der Waals surface area contributed by atoms with Crippen molar-refractivity contribution in [3.63, 3.8) is 0 Å². The summed E-state index contributed by atoms with van der Waals surface area (Å²) in [5.74, 6) is -2.48. The highest BCUT2D eigenvalue weighted by atomic mass is 28.4. The normalized spacial score (nSPS) is 12.8. The lowest BCUT2D eigenvalue weighted by Crippen LogP contribution is -2.41. The lowest BCUT2D eigenvalue weighted by atomic mass is 9.92. The van der Waals surface area contributed by atoms with Crippen molar-refractivity contribution in [1.82, 2.24) is 9.55 Å². The third-order valence-electron chi connectivity index (χ3n) is 6.70. The van der Waals surface area contributed by atoms with Crippen LogP contribution in [0.1, 0.15) is 74.3 Å². The van der Waals surface area contributed by atoms with E-state index < -0.39 is 55.3 Å². The molecule has 2 rings (SSSR count). The molecule has 2 aromatic rings. The molecule has 0 N–H and O–H groups in total. The van der Waals surface area contributed by atoms with Gasteiger partial charge in [-0.05, 0) is 40.6 Å². The van der Waals surface area contributed by atoms with E-state index in [1.165, 1.54) is 4.57 Å². The van der Waals surface area contributed by atoms with E-state index in [1.807, 2.05) is 20.8 Å². The van der Waals surface area contributed by atoms with Gasteiger partial charge >= 0.3 is 6.16 Å². The average molecular weight is 581 g/mol. The Morgan fingerprint density at radius 3 is 2.15 bits per heavy atom. The van der Waals surface area contributed by atoms with E-state index >= 15 is 4.39 Å². The summed E-state index contributed by atoms with van der Waals surface area (Å²) in [5, 5.41) is 9.31. The molecular weight excluding hydrogens is 538 g/mol. The number of imidazole rings is 1. The second-order valence-electron chi connectivity index (χ2n) is 13.5. The fraction of sp³-hybridized carbons (Fsp3) is 0.643. The fourth-order valence-corrected chi connectivity index (χ4v) is 4.68. The van der Waals surface area contributed by atoms with E-state index in [9.17, 15) is 19.2 Å². The van der Waals surface area contributed by atoms with Crippen molar-refractivity contribution >= 4 is 37.4 Å². The Kier molecular flexibility index (Phi) is 9.80. The predicted octanol–water partition coefficient (Wildman–Crippen LogP) is 6.84. The van der Waals surface area contributed by atoms with Crippen LogP contribution in [0.3, 0.4) is 0 Å². The van der Waals surface area contributed by atoms with Gasteiger partial charge in [0.15, 0.2) is 18.4 Å². The molecule has 223 valence electrons. The number of nitrogens with zero attached hydrogens (tertiary/aromatic N) is 4. The molecule has 1 aromatic heterocycles. The number of carbonyl (C=O) groups excluding carboxylic acids is 2. The Morgan fingerprint density at radius 2 is 1.65 bits per heavy atom. The standard InChI is InChI=1S/C28H42F2N4O5Si/c1-26(2,3)15-20(35)33(17-38-25(36)37-12-13-39-40(10,11)28(7,8)9)24-32-22-19(29)14-18(16-31)21(30)23(22)34(24)27(4,5)6/h14H,12-13,15,17H2,1-11H3/q-1. The van der Waals surface area contributed by atoms with Crippen LogP contribution in [0.25, 0.3) is 11.0 Å². The molecule has 0 saturated carbocycles. The first kappa shape index (κ1) is 33.2. The summed E-state index contributed by atoms with van der Waals surface area (Å²) in [6.45, 7) is 20.7. The Balaban J connectivity index is 2.41. The summed E-state index contributed by atoms with van der Waals surface area (Å²) in [5.41, 5.74) is -2.47. The monoisotopic (exact) mass is 580 g/mol. The van der Waals surface area contributed by atoms with Crippen molar-refractivity contribution in [2.24, 2.45) is 5.41 Å². The van der Waals surface area contributed by atoms with Crippen LogP contribution in [0.5, 0.6) is 0 Å². The van der Waals surface area contributed by atoms with Crippen LogP contribution in [0.4, 0.5) is 19.5 Å². The van der Waals surface area contributed by atoms with E-state index in [4.69, 9.17) is 13.9 Å². The summed E-state index contributed by atoms with van der Waals surface area (Å²) in [4.78, 5) is 31.2. The van der Waals surface area contributed by atoms with E-state index in [0.29, 0.717) is 0 Å². The van der Waals surface area contributed by atoms with Gasteiger partial charge in [-0.15, -0.1) is 18.1 Å². The van der Waals surface area contributed by atoms with Crippen LogP contribution < -0.4 is 4.90 Å². The van der Waals surface area contributed by atoms with Gasteiger partial charge in [0.05, 0.1) is 5.56 Å². The molecule has 1 aromatic carbocycles. The number of hydrogen-bond donors (Lipinski definition) is 0. The van der Waals surface area contributed by atoms with Crippen molar-refractivity contribution in [3.8, 4) is 6.07 Å². The van der Waals surface area contributed by atoms with E-state index in [0.717, 1.165) is 11.0 Å². The summed E-state index contributed by atoms with van der Waals surface area (Å²) in [7, 11) is -2.03. The maximum atomic E-state index is 15.4. The molecule has 0 radical (unpaired) electrons. The van der Waals surface area contributed by atoms with E-state index in [-0.39, 0.29) is 41.7 Å². The maximum Gasteiger partial charge on any atom is 0.510 e. The lowest BCUT2D eigenvalue weighted by Gasteiger charge is -2.48. The van der Waals surface area contributed by atoms with Crippen molar-refractivity contribution < 1.29 is 32.3 Å². The van der Waals surface area contributed by atoms with Gasteiger partial charge in [-0.2, -0.15) is 5.26 Å².